The Bertz CT molecular complexity index is 553. The minimum atomic E-state index is -0.643. The number of hydrogen-bond donors (Lipinski definition) is 2. The quantitative estimate of drug-likeness (QED) is 0.831. The standard InChI is InChI=1S/C14H18BrN3O/c1-2-6-18-7-5-17-14(18)9-13(19)11-8-10(15)3-4-12(11)16/h3-5,7-8,13,19H,2,6,9,16H2,1H3. The number of nitrogen functional groups attached to an aromatic ring is 1. The Kier molecular flexibility index (Phi) is 4.61. The molecule has 5 heteroatoms. The average Bonchev–Trinajstić information content (AvgIpc) is 2.80. The Morgan fingerprint density at radius 1 is 1.47 bits per heavy atom. The van der Waals surface area contributed by atoms with E-state index in [0.29, 0.717) is 12.1 Å². The molecular formula is C14H18BrN3O. The molecule has 0 saturated carbocycles. The number of nitrogens with zero attached hydrogens (tertiary/aromatic N) is 2. The maximum Gasteiger partial charge on any atom is 0.111 e. The number of nitrogens with two attached hydrogens (primary N) is 1. The first-order valence-corrected chi connectivity index (χ1v) is 7.14. The van der Waals surface area contributed by atoms with Crippen molar-refractivity contribution in [3.05, 3.63) is 46.5 Å². The molecule has 0 aliphatic heterocycles. The largest absolute Gasteiger partial charge is 0.398 e. The van der Waals surface area contributed by atoms with Crippen molar-refractivity contribution in [1.82, 2.24) is 9.55 Å². The zero-order chi connectivity index (χ0) is 13.8. The molecular weight excluding hydrogens is 306 g/mol. The summed E-state index contributed by atoms with van der Waals surface area (Å²) in [5, 5.41) is 10.3. The van der Waals surface area contributed by atoms with Gasteiger partial charge >= 0.3 is 0 Å². The van der Waals surface area contributed by atoms with Crippen LogP contribution >= 0.6 is 15.9 Å². The van der Waals surface area contributed by atoms with Gasteiger partial charge in [-0.3, -0.25) is 0 Å². The molecule has 102 valence electrons. The summed E-state index contributed by atoms with van der Waals surface area (Å²) in [6, 6.07) is 5.51. The van der Waals surface area contributed by atoms with Crippen LogP contribution in [-0.4, -0.2) is 14.7 Å². The second-order valence-corrected chi connectivity index (χ2v) is 5.45. The van der Waals surface area contributed by atoms with Crippen molar-refractivity contribution in [3.8, 4) is 0 Å². The SMILES string of the molecule is CCCn1ccnc1CC(O)c1cc(Br)ccc1N. The third-order valence-corrected chi connectivity index (χ3v) is 3.54. The number of aliphatic hydroxyl groups excluding tert-OH is 1. The Balaban J connectivity index is 2.18. The molecule has 1 aromatic heterocycles. The Hall–Kier alpha value is -1.33. The molecule has 0 aliphatic carbocycles. The van der Waals surface area contributed by atoms with Gasteiger partial charge in [0.1, 0.15) is 5.82 Å². The van der Waals surface area contributed by atoms with Crippen LogP contribution in [-0.2, 0) is 13.0 Å². The average molecular weight is 324 g/mol. The van der Waals surface area contributed by atoms with Gasteiger partial charge in [0.05, 0.1) is 6.10 Å². The zero-order valence-corrected chi connectivity index (χ0v) is 12.5. The number of aliphatic hydroxyl groups is 1. The minimum absolute atomic E-state index is 0.466. The molecule has 0 bridgehead atoms. The number of rotatable bonds is 5. The van der Waals surface area contributed by atoms with Crippen molar-refractivity contribution in [2.75, 3.05) is 5.73 Å². The maximum atomic E-state index is 10.3. The molecule has 0 fully saturated rings. The molecule has 0 aliphatic rings. The topological polar surface area (TPSA) is 64.1 Å². The van der Waals surface area contributed by atoms with Crippen LogP contribution in [0.2, 0.25) is 0 Å². The van der Waals surface area contributed by atoms with Crippen LogP contribution in [0.4, 0.5) is 5.69 Å². The van der Waals surface area contributed by atoms with Gasteiger partial charge in [0.15, 0.2) is 0 Å². The second-order valence-electron chi connectivity index (χ2n) is 4.53. The Labute approximate surface area is 121 Å². The fourth-order valence-electron chi connectivity index (χ4n) is 2.09. The lowest BCUT2D eigenvalue weighted by atomic mass is 10.0. The highest BCUT2D eigenvalue weighted by Crippen LogP contribution is 2.26. The van der Waals surface area contributed by atoms with Gasteiger partial charge in [-0.25, -0.2) is 4.98 Å². The van der Waals surface area contributed by atoms with E-state index in [0.717, 1.165) is 28.8 Å². The molecule has 1 heterocycles. The number of anilines is 1. The van der Waals surface area contributed by atoms with Gasteiger partial charge < -0.3 is 15.4 Å². The first-order valence-electron chi connectivity index (χ1n) is 6.34. The maximum absolute atomic E-state index is 10.3. The smallest absolute Gasteiger partial charge is 0.111 e. The van der Waals surface area contributed by atoms with Gasteiger partial charge in [-0.2, -0.15) is 0 Å². The minimum Gasteiger partial charge on any atom is -0.398 e. The molecule has 0 spiro atoms. The van der Waals surface area contributed by atoms with E-state index >= 15 is 0 Å². The van der Waals surface area contributed by atoms with E-state index in [1.165, 1.54) is 0 Å². The first-order chi connectivity index (χ1) is 9.11. The number of hydrogen-bond acceptors (Lipinski definition) is 3. The van der Waals surface area contributed by atoms with E-state index in [1.54, 1.807) is 12.3 Å². The lowest BCUT2D eigenvalue weighted by molar-refractivity contribution is 0.175. The van der Waals surface area contributed by atoms with Crippen molar-refractivity contribution in [2.24, 2.45) is 0 Å². The third-order valence-electron chi connectivity index (χ3n) is 3.05. The monoisotopic (exact) mass is 323 g/mol. The van der Waals surface area contributed by atoms with Crippen molar-refractivity contribution in [1.29, 1.82) is 0 Å². The molecule has 0 saturated heterocycles. The van der Waals surface area contributed by atoms with Crippen molar-refractivity contribution < 1.29 is 5.11 Å². The second kappa shape index (κ2) is 6.21. The van der Waals surface area contributed by atoms with Gasteiger partial charge in [0, 0.05) is 41.1 Å². The fourth-order valence-corrected chi connectivity index (χ4v) is 2.47. The van der Waals surface area contributed by atoms with Crippen LogP contribution < -0.4 is 5.73 Å². The highest BCUT2D eigenvalue weighted by atomic mass is 79.9. The van der Waals surface area contributed by atoms with Crippen LogP contribution in [0, 0.1) is 0 Å². The van der Waals surface area contributed by atoms with Gasteiger partial charge in [-0.15, -0.1) is 0 Å². The van der Waals surface area contributed by atoms with E-state index in [-0.39, 0.29) is 0 Å². The zero-order valence-electron chi connectivity index (χ0n) is 10.9. The van der Waals surface area contributed by atoms with Gasteiger partial charge in [-0.1, -0.05) is 22.9 Å². The van der Waals surface area contributed by atoms with Gasteiger partial charge in [0.25, 0.3) is 0 Å². The highest BCUT2D eigenvalue weighted by Gasteiger charge is 2.15. The molecule has 19 heavy (non-hydrogen) atoms. The van der Waals surface area contributed by atoms with Crippen LogP contribution in [0.3, 0.4) is 0 Å². The summed E-state index contributed by atoms with van der Waals surface area (Å²) in [4.78, 5) is 4.30. The van der Waals surface area contributed by atoms with Crippen LogP contribution in [0.1, 0.15) is 30.8 Å². The summed E-state index contributed by atoms with van der Waals surface area (Å²) in [5.41, 5.74) is 7.25. The molecule has 2 aromatic rings. The fraction of sp³-hybridized carbons (Fsp3) is 0.357. The molecule has 0 amide bonds. The van der Waals surface area contributed by atoms with Crippen LogP contribution in [0.25, 0.3) is 0 Å². The van der Waals surface area contributed by atoms with Crippen LogP contribution in [0.5, 0.6) is 0 Å². The van der Waals surface area contributed by atoms with Crippen LogP contribution in [0.15, 0.2) is 35.1 Å². The number of imidazole rings is 1. The summed E-state index contributed by atoms with van der Waals surface area (Å²) in [6.45, 7) is 3.03. The van der Waals surface area contributed by atoms with E-state index in [9.17, 15) is 5.11 Å². The Morgan fingerprint density at radius 3 is 3.00 bits per heavy atom. The molecule has 1 atom stereocenters. The van der Waals surface area contributed by atoms with Gasteiger partial charge in [0.2, 0.25) is 0 Å². The molecule has 3 N–H and O–H groups in total. The lowest BCUT2D eigenvalue weighted by Gasteiger charge is -2.14. The summed E-state index contributed by atoms with van der Waals surface area (Å²) in [7, 11) is 0. The van der Waals surface area contributed by atoms with E-state index in [1.807, 2.05) is 18.3 Å². The summed E-state index contributed by atoms with van der Waals surface area (Å²) >= 11 is 3.39. The van der Waals surface area contributed by atoms with E-state index < -0.39 is 6.10 Å². The number of aryl methyl sites for hydroxylation is 1. The number of benzene rings is 1. The van der Waals surface area contributed by atoms with E-state index in [4.69, 9.17) is 5.73 Å². The summed E-state index contributed by atoms with van der Waals surface area (Å²) < 4.78 is 2.98. The first kappa shape index (κ1) is 14.1. The summed E-state index contributed by atoms with van der Waals surface area (Å²) in [5.74, 6) is 0.883. The number of aromatic nitrogens is 2. The molecule has 1 unspecified atom stereocenters. The van der Waals surface area contributed by atoms with Crippen molar-refractivity contribution >= 4 is 21.6 Å². The van der Waals surface area contributed by atoms with E-state index in [2.05, 4.69) is 32.4 Å². The molecule has 2 rings (SSSR count). The van der Waals surface area contributed by atoms with Gasteiger partial charge in [-0.05, 0) is 24.6 Å². The lowest BCUT2D eigenvalue weighted by Crippen LogP contribution is -2.10. The predicted octanol–water partition coefficient (Wildman–Crippen LogP) is 2.91. The predicted molar refractivity (Wildman–Crippen MR) is 79.7 cm³/mol. The normalized spacial score (nSPS) is 12.6. The summed E-state index contributed by atoms with van der Waals surface area (Å²) in [6.07, 6.45) is 4.57. The Morgan fingerprint density at radius 2 is 2.26 bits per heavy atom. The molecule has 1 aromatic carbocycles. The van der Waals surface area contributed by atoms with Crippen molar-refractivity contribution in [3.63, 3.8) is 0 Å². The van der Waals surface area contributed by atoms with Crippen molar-refractivity contribution in [2.45, 2.75) is 32.4 Å². The number of halogens is 1. The third kappa shape index (κ3) is 3.36. The molecule has 4 nitrogen and oxygen atoms in total. The highest BCUT2D eigenvalue weighted by molar-refractivity contribution is 9.10. The molecule has 0 radical (unpaired) electrons.